The van der Waals surface area contributed by atoms with Crippen molar-refractivity contribution >= 4 is 5.69 Å². The summed E-state index contributed by atoms with van der Waals surface area (Å²) < 4.78 is 0. The summed E-state index contributed by atoms with van der Waals surface area (Å²) in [7, 11) is 0. The van der Waals surface area contributed by atoms with Crippen LogP contribution in [0.1, 0.15) is 50.2 Å². The maximum atomic E-state index is 3.77. The molecular formula is C16H23N. The van der Waals surface area contributed by atoms with Gasteiger partial charge in [0.15, 0.2) is 0 Å². The van der Waals surface area contributed by atoms with Gasteiger partial charge in [-0.05, 0) is 61.3 Å². The molecule has 1 heteroatoms. The van der Waals surface area contributed by atoms with Crippen molar-refractivity contribution < 1.29 is 0 Å². The minimum Gasteiger partial charge on any atom is -0.382 e. The summed E-state index contributed by atoms with van der Waals surface area (Å²) >= 11 is 0. The zero-order chi connectivity index (χ0) is 11.7. The van der Waals surface area contributed by atoms with Gasteiger partial charge < -0.3 is 5.32 Å². The Morgan fingerprint density at radius 1 is 1.12 bits per heavy atom. The topological polar surface area (TPSA) is 12.0 Å². The molecule has 1 saturated carbocycles. The van der Waals surface area contributed by atoms with Crippen LogP contribution < -0.4 is 5.32 Å². The first-order chi connectivity index (χ1) is 8.36. The molecule has 0 aromatic heterocycles. The molecule has 1 nitrogen and oxygen atoms in total. The molecule has 0 spiro atoms. The normalized spacial score (nSPS) is 27.1. The molecule has 17 heavy (non-hydrogen) atoms. The van der Waals surface area contributed by atoms with Crippen LogP contribution in [0.25, 0.3) is 0 Å². The lowest BCUT2D eigenvalue weighted by atomic mass is 10.00. The molecule has 2 aliphatic rings. The van der Waals surface area contributed by atoms with Crippen molar-refractivity contribution in [2.24, 2.45) is 5.92 Å². The van der Waals surface area contributed by atoms with Crippen LogP contribution >= 0.6 is 0 Å². The monoisotopic (exact) mass is 229 g/mol. The number of nitrogens with one attached hydrogen (secondary N) is 1. The van der Waals surface area contributed by atoms with Gasteiger partial charge in [0.2, 0.25) is 0 Å². The second kappa shape index (κ2) is 4.72. The zero-order valence-electron chi connectivity index (χ0n) is 10.8. The highest BCUT2D eigenvalue weighted by Crippen LogP contribution is 2.32. The number of rotatable bonds is 3. The van der Waals surface area contributed by atoms with Crippen LogP contribution in [-0.4, -0.2) is 6.04 Å². The molecule has 1 N–H and O–H groups in total. The maximum Gasteiger partial charge on any atom is 0.0345 e. The lowest BCUT2D eigenvalue weighted by Crippen LogP contribution is -2.23. The minimum atomic E-state index is 0.722. The quantitative estimate of drug-likeness (QED) is 0.820. The van der Waals surface area contributed by atoms with E-state index < -0.39 is 0 Å². The summed E-state index contributed by atoms with van der Waals surface area (Å²) in [5, 5.41) is 3.77. The predicted molar refractivity (Wildman–Crippen MR) is 73.5 cm³/mol. The largest absolute Gasteiger partial charge is 0.382 e. The molecule has 1 aromatic rings. The van der Waals surface area contributed by atoms with Crippen molar-refractivity contribution in [3.8, 4) is 0 Å². The Bertz CT molecular complexity index is 397. The van der Waals surface area contributed by atoms with Crippen LogP contribution in [-0.2, 0) is 12.8 Å². The smallest absolute Gasteiger partial charge is 0.0345 e. The first-order valence-electron chi connectivity index (χ1n) is 7.25. The molecule has 0 aliphatic heterocycles. The van der Waals surface area contributed by atoms with E-state index in [4.69, 9.17) is 0 Å². The fraction of sp³-hybridized carbons (Fsp3) is 0.625. The number of benzene rings is 1. The van der Waals surface area contributed by atoms with Gasteiger partial charge in [0.25, 0.3) is 0 Å². The lowest BCUT2D eigenvalue weighted by molar-refractivity contribution is 0.489. The van der Waals surface area contributed by atoms with Gasteiger partial charge in [-0.25, -0.2) is 0 Å². The van der Waals surface area contributed by atoms with Crippen molar-refractivity contribution in [1.29, 1.82) is 0 Å². The molecule has 1 fully saturated rings. The Morgan fingerprint density at radius 2 is 2.00 bits per heavy atom. The van der Waals surface area contributed by atoms with Gasteiger partial charge >= 0.3 is 0 Å². The summed E-state index contributed by atoms with van der Waals surface area (Å²) in [5.74, 6) is 0.892. The van der Waals surface area contributed by atoms with Crippen LogP contribution in [0.5, 0.6) is 0 Å². The zero-order valence-corrected chi connectivity index (χ0v) is 10.8. The number of aryl methyl sites for hydroxylation is 2. The molecule has 0 saturated heterocycles. The third-order valence-electron chi connectivity index (χ3n) is 4.63. The Hall–Kier alpha value is -0.980. The summed E-state index contributed by atoms with van der Waals surface area (Å²) in [4.78, 5) is 0. The fourth-order valence-electron chi connectivity index (χ4n) is 3.59. The molecule has 0 bridgehead atoms. The maximum absolute atomic E-state index is 3.77. The molecule has 3 rings (SSSR count). The summed E-state index contributed by atoms with van der Waals surface area (Å²) in [5.41, 5.74) is 4.52. The molecule has 2 unspecified atom stereocenters. The van der Waals surface area contributed by atoms with Crippen molar-refractivity contribution in [2.45, 2.75) is 57.9 Å². The Morgan fingerprint density at radius 3 is 2.88 bits per heavy atom. The van der Waals surface area contributed by atoms with Crippen LogP contribution in [0.15, 0.2) is 18.2 Å². The average Bonchev–Trinajstić information content (AvgIpc) is 2.96. The van der Waals surface area contributed by atoms with E-state index in [-0.39, 0.29) is 0 Å². The molecule has 1 aromatic carbocycles. The molecule has 2 atom stereocenters. The molecule has 0 amide bonds. The number of anilines is 1. The van der Waals surface area contributed by atoms with Crippen LogP contribution in [0, 0.1) is 5.92 Å². The van der Waals surface area contributed by atoms with E-state index in [1.807, 2.05) is 0 Å². The molecule has 2 aliphatic carbocycles. The van der Waals surface area contributed by atoms with Crippen molar-refractivity contribution in [1.82, 2.24) is 0 Å². The van der Waals surface area contributed by atoms with E-state index in [2.05, 4.69) is 30.4 Å². The first kappa shape index (κ1) is 11.1. The number of hydrogen-bond acceptors (Lipinski definition) is 1. The average molecular weight is 229 g/mol. The van der Waals surface area contributed by atoms with Gasteiger partial charge in [0.05, 0.1) is 0 Å². The molecule has 92 valence electrons. The lowest BCUT2D eigenvalue weighted by Gasteiger charge is -2.21. The standard InChI is InChI=1S/C16H23N/c1-2-12-5-4-8-16(12)17-15-10-9-13-6-3-7-14(13)11-15/h9-12,16-17H,2-8H2,1H3. The van der Waals surface area contributed by atoms with Crippen LogP contribution in [0.3, 0.4) is 0 Å². The third-order valence-corrected chi connectivity index (χ3v) is 4.63. The molecule has 0 radical (unpaired) electrons. The Kier molecular flexibility index (Phi) is 3.09. The first-order valence-corrected chi connectivity index (χ1v) is 7.25. The van der Waals surface area contributed by atoms with Crippen molar-refractivity contribution in [2.75, 3.05) is 5.32 Å². The van der Waals surface area contributed by atoms with Gasteiger partial charge in [0.1, 0.15) is 0 Å². The highest BCUT2D eigenvalue weighted by molar-refractivity contribution is 5.50. The van der Waals surface area contributed by atoms with Gasteiger partial charge in [0, 0.05) is 11.7 Å². The Labute approximate surface area is 105 Å². The summed E-state index contributed by atoms with van der Waals surface area (Å²) in [6.07, 6.45) is 9.42. The Balaban J connectivity index is 1.72. The second-order valence-corrected chi connectivity index (χ2v) is 5.69. The highest BCUT2D eigenvalue weighted by Gasteiger charge is 2.25. The van der Waals surface area contributed by atoms with Crippen molar-refractivity contribution in [3.63, 3.8) is 0 Å². The predicted octanol–water partition coefficient (Wildman–Crippen LogP) is 4.17. The second-order valence-electron chi connectivity index (χ2n) is 5.69. The van der Waals surface area contributed by atoms with Gasteiger partial charge in [-0.15, -0.1) is 0 Å². The van der Waals surface area contributed by atoms with Gasteiger partial charge in [-0.1, -0.05) is 25.8 Å². The van der Waals surface area contributed by atoms with Crippen LogP contribution in [0.4, 0.5) is 5.69 Å². The van der Waals surface area contributed by atoms with Gasteiger partial charge in [-0.3, -0.25) is 0 Å². The summed E-state index contributed by atoms with van der Waals surface area (Å²) in [6, 6.07) is 7.74. The third kappa shape index (κ3) is 2.20. The minimum absolute atomic E-state index is 0.722. The van der Waals surface area contributed by atoms with Crippen molar-refractivity contribution in [3.05, 3.63) is 29.3 Å². The van der Waals surface area contributed by atoms with E-state index in [1.165, 1.54) is 50.6 Å². The van der Waals surface area contributed by atoms with E-state index in [0.29, 0.717) is 0 Å². The SMILES string of the molecule is CCC1CCCC1Nc1ccc2c(c1)CCC2. The molecule has 0 heterocycles. The van der Waals surface area contributed by atoms with E-state index >= 15 is 0 Å². The van der Waals surface area contributed by atoms with Gasteiger partial charge in [-0.2, -0.15) is 0 Å². The number of hydrogen-bond donors (Lipinski definition) is 1. The molecular weight excluding hydrogens is 206 g/mol. The van der Waals surface area contributed by atoms with Crippen LogP contribution in [0.2, 0.25) is 0 Å². The fourth-order valence-corrected chi connectivity index (χ4v) is 3.59. The van der Waals surface area contributed by atoms with E-state index in [0.717, 1.165) is 12.0 Å². The van der Waals surface area contributed by atoms with E-state index in [9.17, 15) is 0 Å². The highest BCUT2D eigenvalue weighted by atomic mass is 14.9. The van der Waals surface area contributed by atoms with E-state index in [1.54, 1.807) is 11.1 Å². The summed E-state index contributed by atoms with van der Waals surface area (Å²) in [6.45, 7) is 2.33. The number of fused-ring (bicyclic) bond motifs is 1.